The molecule has 2 nitrogen and oxygen atoms in total. The summed E-state index contributed by atoms with van der Waals surface area (Å²) >= 11 is 0. The molecule has 0 aromatic heterocycles. The lowest BCUT2D eigenvalue weighted by Gasteiger charge is -2.25. The number of hydrogen-bond acceptors (Lipinski definition) is 2. The van der Waals surface area contributed by atoms with Crippen LogP contribution in [0.15, 0.2) is 35.9 Å². The maximum atomic E-state index is 9.17. The molecule has 0 N–H and O–H groups in total. The fraction of sp³-hybridized carbons (Fsp3) is 0.400. The molecule has 0 atom stereocenters. The summed E-state index contributed by atoms with van der Waals surface area (Å²) in [5.74, 6) is 0. The standard InChI is InChI=1S/C15H18N2/c16-12-15(11-14-7-3-1-4-8-14)13-17-9-5-2-6-10-17/h1,3-4,7-8,11H,2,5-6,9-10,13H2/b15-11+. The van der Waals surface area contributed by atoms with E-state index in [0.717, 1.165) is 30.8 Å². The first kappa shape index (κ1) is 11.9. The zero-order chi connectivity index (χ0) is 11.9. The number of likely N-dealkylation sites (tertiary alicyclic amines) is 1. The van der Waals surface area contributed by atoms with Gasteiger partial charge in [0.15, 0.2) is 0 Å². The molecule has 0 radical (unpaired) electrons. The molecule has 2 rings (SSSR count). The van der Waals surface area contributed by atoms with Crippen molar-refractivity contribution in [2.24, 2.45) is 0 Å². The molecule has 88 valence electrons. The molecule has 0 spiro atoms. The van der Waals surface area contributed by atoms with Crippen LogP contribution in [0.25, 0.3) is 6.08 Å². The van der Waals surface area contributed by atoms with Crippen LogP contribution in [0, 0.1) is 11.3 Å². The number of rotatable bonds is 3. The summed E-state index contributed by atoms with van der Waals surface area (Å²) in [6.07, 6.45) is 5.86. The van der Waals surface area contributed by atoms with Gasteiger partial charge in [-0.05, 0) is 37.6 Å². The molecule has 2 heteroatoms. The summed E-state index contributed by atoms with van der Waals surface area (Å²) in [7, 11) is 0. The van der Waals surface area contributed by atoms with E-state index in [0.29, 0.717) is 0 Å². The highest BCUT2D eigenvalue weighted by Gasteiger charge is 2.11. The van der Waals surface area contributed by atoms with Crippen molar-refractivity contribution >= 4 is 6.08 Å². The lowest BCUT2D eigenvalue weighted by molar-refractivity contribution is 0.249. The molecular weight excluding hydrogens is 208 g/mol. The Bertz CT molecular complexity index is 408. The molecule has 0 saturated carbocycles. The van der Waals surface area contributed by atoms with Crippen LogP contribution in [-0.2, 0) is 0 Å². The number of nitriles is 1. The Morgan fingerprint density at radius 3 is 2.53 bits per heavy atom. The Labute approximate surface area is 103 Å². The van der Waals surface area contributed by atoms with Crippen molar-refractivity contribution in [2.75, 3.05) is 19.6 Å². The van der Waals surface area contributed by atoms with E-state index in [1.54, 1.807) is 0 Å². The van der Waals surface area contributed by atoms with E-state index >= 15 is 0 Å². The second-order valence-corrected chi connectivity index (χ2v) is 4.53. The molecule has 0 unspecified atom stereocenters. The fourth-order valence-electron chi connectivity index (χ4n) is 2.22. The molecule has 1 heterocycles. The average molecular weight is 226 g/mol. The third kappa shape index (κ3) is 3.72. The van der Waals surface area contributed by atoms with Gasteiger partial charge in [0.05, 0.1) is 6.07 Å². The van der Waals surface area contributed by atoms with Crippen LogP contribution in [0.2, 0.25) is 0 Å². The molecule has 0 amide bonds. The van der Waals surface area contributed by atoms with Crippen molar-refractivity contribution in [3.05, 3.63) is 41.5 Å². The molecule has 1 aromatic rings. The molecule has 1 fully saturated rings. The van der Waals surface area contributed by atoms with Gasteiger partial charge < -0.3 is 0 Å². The van der Waals surface area contributed by atoms with E-state index in [1.165, 1.54) is 19.3 Å². The van der Waals surface area contributed by atoms with Crippen LogP contribution < -0.4 is 0 Å². The number of nitrogens with zero attached hydrogens (tertiary/aromatic N) is 2. The van der Waals surface area contributed by atoms with E-state index in [-0.39, 0.29) is 0 Å². The first-order valence-electron chi connectivity index (χ1n) is 6.26. The normalized spacial score (nSPS) is 17.7. The van der Waals surface area contributed by atoms with Crippen LogP contribution in [-0.4, -0.2) is 24.5 Å². The van der Waals surface area contributed by atoms with Gasteiger partial charge >= 0.3 is 0 Å². The molecule has 0 bridgehead atoms. The van der Waals surface area contributed by atoms with Crippen molar-refractivity contribution in [1.82, 2.24) is 4.90 Å². The van der Waals surface area contributed by atoms with Crippen molar-refractivity contribution < 1.29 is 0 Å². The zero-order valence-corrected chi connectivity index (χ0v) is 10.1. The maximum absolute atomic E-state index is 9.17. The van der Waals surface area contributed by atoms with Gasteiger partial charge in [0.2, 0.25) is 0 Å². The van der Waals surface area contributed by atoms with Crippen LogP contribution in [0.4, 0.5) is 0 Å². The van der Waals surface area contributed by atoms with Gasteiger partial charge in [-0.15, -0.1) is 0 Å². The second kappa shape index (κ2) is 6.22. The lowest BCUT2D eigenvalue weighted by Crippen LogP contribution is -2.31. The molecule has 1 saturated heterocycles. The first-order valence-corrected chi connectivity index (χ1v) is 6.26. The lowest BCUT2D eigenvalue weighted by atomic mass is 10.1. The molecule has 0 aliphatic carbocycles. The van der Waals surface area contributed by atoms with Gasteiger partial charge in [-0.1, -0.05) is 36.8 Å². The van der Waals surface area contributed by atoms with Crippen molar-refractivity contribution in [2.45, 2.75) is 19.3 Å². The monoisotopic (exact) mass is 226 g/mol. The van der Waals surface area contributed by atoms with Crippen molar-refractivity contribution in [1.29, 1.82) is 5.26 Å². The van der Waals surface area contributed by atoms with Crippen LogP contribution in [0.3, 0.4) is 0 Å². The maximum Gasteiger partial charge on any atom is 0.0961 e. The number of piperidine rings is 1. The Morgan fingerprint density at radius 2 is 1.88 bits per heavy atom. The van der Waals surface area contributed by atoms with Gasteiger partial charge in [-0.2, -0.15) is 5.26 Å². The van der Waals surface area contributed by atoms with Gasteiger partial charge in [-0.3, -0.25) is 4.90 Å². The quantitative estimate of drug-likeness (QED) is 0.741. The highest BCUT2D eigenvalue weighted by atomic mass is 15.1. The summed E-state index contributed by atoms with van der Waals surface area (Å²) in [4.78, 5) is 2.38. The molecule has 1 aliphatic heterocycles. The SMILES string of the molecule is N#C/C(=C\c1ccccc1)CN1CCCCC1. The number of hydrogen-bond donors (Lipinski definition) is 0. The van der Waals surface area contributed by atoms with Crippen LogP contribution in [0.5, 0.6) is 0 Å². The second-order valence-electron chi connectivity index (χ2n) is 4.53. The minimum Gasteiger partial charge on any atom is -0.298 e. The third-order valence-electron chi connectivity index (χ3n) is 3.13. The Morgan fingerprint density at radius 1 is 1.18 bits per heavy atom. The zero-order valence-electron chi connectivity index (χ0n) is 10.1. The minimum atomic E-state index is 0.797. The van der Waals surface area contributed by atoms with Crippen molar-refractivity contribution in [3.8, 4) is 6.07 Å². The summed E-state index contributed by atoms with van der Waals surface area (Å²) < 4.78 is 0. The van der Waals surface area contributed by atoms with E-state index in [4.69, 9.17) is 0 Å². The predicted molar refractivity (Wildman–Crippen MR) is 70.3 cm³/mol. The largest absolute Gasteiger partial charge is 0.298 e. The summed E-state index contributed by atoms with van der Waals surface area (Å²) in [5.41, 5.74) is 1.97. The molecule has 1 aliphatic rings. The fourth-order valence-corrected chi connectivity index (χ4v) is 2.22. The first-order chi connectivity index (χ1) is 8.38. The summed E-state index contributed by atoms with van der Waals surface area (Å²) in [6.45, 7) is 3.06. The smallest absolute Gasteiger partial charge is 0.0961 e. The van der Waals surface area contributed by atoms with Crippen LogP contribution in [0.1, 0.15) is 24.8 Å². The topological polar surface area (TPSA) is 27.0 Å². The molecular formula is C15H18N2. The van der Waals surface area contributed by atoms with E-state index in [2.05, 4.69) is 11.0 Å². The van der Waals surface area contributed by atoms with Gasteiger partial charge in [0.25, 0.3) is 0 Å². The molecule has 17 heavy (non-hydrogen) atoms. The van der Waals surface area contributed by atoms with Gasteiger partial charge in [0.1, 0.15) is 0 Å². The Balaban J connectivity index is 2.01. The summed E-state index contributed by atoms with van der Waals surface area (Å²) in [6, 6.07) is 12.4. The Hall–Kier alpha value is -1.59. The highest BCUT2D eigenvalue weighted by Crippen LogP contribution is 2.12. The van der Waals surface area contributed by atoms with Gasteiger partial charge in [-0.25, -0.2) is 0 Å². The predicted octanol–water partition coefficient (Wildman–Crippen LogP) is 3.08. The van der Waals surface area contributed by atoms with E-state index < -0.39 is 0 Å². The third-order valence-corrected chi connectivity index (χ3v) is 3.13. The number of benzene rings is 1. The van der Waals surface area contributed by atoms with E-state index in [9.17, 15) is 5.26 Å². The summed E-state index contributed by atoms with van der Waals surface area (Å²) in [5, 5.41) is 9.17. The van der Waals surface area contributed by atoms with Gasteiger partial charge in [0, 0.05) is 12.1 Å². The highest BCUT2D eigenvalue weighted by molar-refractivity contribution is 5.57. The van der Waals surface area contributed by atoms with Crippen molar-refractivity contribution in [3.63, 3.8) is 0 Å². The minimum absolute atomic E-state index is 0.797. The van der Waals surface area contributed by atoms with E-state index in [1.807, 2.05) is 36.4 Å². The van der Waals surface area contributed by atoms with Crippen LogP contribution >= 0.6 is 0 Å². The average Bonchev–Trinajstić information content (AvgIpc) is 2.40. The molecule has 1 aromatic carbocycles. The Kier molecular flexibility index (Phi) is 4.35.